The Morgan fingerprint density at radius 1 is 1.08 bits per heavy atom. The van der Waals surface area contributed by atoms with Gasteiger partial charge in [-0.2, -0.15) is 0 Å². The highest BCUT2D eigenvalue weighted by Gasteiger charge is 2.07. The maximum absolute atomic E-state index is 12.2. The summed E-state index contributed by atoms with van der Waals surface area (Å²) in [5.41, 5.74) is 3.46. The summed E-state index contributed by atoms with van der Waals surface area (Å²) in [6, 6.07) is 15.3. The van der Waals surface area contributed by atoms with E-state index in [-0.39, 0.29) is 5.91 Å². The number of aromatic nitrogens is 1. The topological polar surface area (TPSA) is 54.0 Å². The minimum atomic E-state index is -0.0552. The van der Waals surface area contributed by atoms with Crippen molar-refractivity contribution in [3.63, 3.8) is 0 Å². The zero-order valence-corrected chi connectivity index (χ0v) is 14.1. The molecule has 4 nitrogen and oxygen atoms in total. The number of carbonyl (C=O) groups is 1. The second-order valence-electron chi connectivity index (χ2n) is 5.52. The van der Waals surface area contributed by atoms with E-state index >= 15 is 0 Å². The molecule has 0 fully saturated rings. The number of amides is 1. The average molecular weight is 340 g/mol. The molecule has 0 aliphatic heterocycles. The van der Waals surface area contributed by atoms with Crippen molar-refractivity contribution in [2.75, 3.05) is 17.2 Å². The van der Waals surface area contributed by atoms with Gasteiger partial charge >= 0.3 is 0 Å². The highest BCUT2D eigenvalue weighted by Crippen LogP contribution is 2.23. The smallest absolute Gasteiger partial charge is 0.226 e. The second kappa shape index (κ2) is 7.32. The van der Waals surface area contributed by atoms with Crippen molar-refractivity contribution in [2.45, 2.75) is 13.3 Å². The van der Waals surface area contributed by atoms with Gasteiger partial charge in [0.2, 0.25) is 5.91 Å². The van der Waals surface area contributed by atoms with E-state index in [1.807, 2.05) is 55.5 Å². The Hall–Kier alpha value is -2.59. The van der Waals surface area contributed by atoms with E-state index in [0.717, 1.165) is 27.8 Å². The molecule has 1 aromatic heterocycles. The summed E-state index contributed by atoms with van der Waals surface area (Å²) >= 11 is 6.09. The van der Waals surface area contributed by atoms with Crippen LogP contribution >= 0.6 is 11.6 Å². The predicted molar refractivity (Wildman–Crippen MR) is 99.7 cm³/mol. The number of nitrogens with one attached hydrogen (secondary N) is 2. The molecule has 2 aromatic carbocycles. The van der Waals surface area contributed by atoms with Crippen molar-refractivity contribution in [2.24, 2.45) is 0 Å². The molecule has 1 amide bonds. The molecule has 0 unspecified atom stereocenters. The molecule has 0 bridgehead atoms. The van der Waals surface area contributed by atoms with Crippen LogP contribution in [-0.2, 0) is 4.79 Å². The first-order valence-corrected chi connectivity index (χ1v) is 8.15. The van der Waals surface area contributed by atoms with Gasteiger partial charge in [-0.05, 0) is 36.8 Å². The molecule has 0 radical (unpaired) electrons. The van der Waals surface area contributed by atoms with Crippen molar-refractivity contribution in [1.82, 2.24) is 4.98 Å². The molecule has 5 heteroatoms. The molecule has 24 heavy (non-hydrogen) atoms. The van der Waals surface area contributed by atoms with E-state index in [9.17, 15) is 4.79 Å². The Morgan fingerprint density at radius 2 is 1.83 bits per heavy atom. The fraction of sp³-hybridized carbons (Fsp3) is 0.158. The van der Waals surface area contributed by atoms with Crippen LogP contribution in [0.5, 0.6) is 0 Å². The second-order valence-corrected chi connectivity index (χ2v) is 5.93. The molecule has 0 aliphatic rings. The number of halogens is 1. The molecule has 0 saturated carbocycles. The van der Waals surface area contributed by atoms with Gasteiger partial charge in [0, 0.05) is 35.3 Å². The van der Waals surface area contributed by atoms with Gasteiger partial charge < -0.3 is 10.6 Å². The number of para-hydroxylation sites is 1. The summed E-state index contributed by atoms with van der Waals surface area (Å²) in [4.78, 5) is 16.5. The molecule has 2 N–H and O–H groups in total. The van der Waals surface area contributed by atoms with Crippen LogP contribution in [0.1, 0.15) is 12.0 Å². The van der Waals surface area contributed by atoms with Gasteiger partial charge in [-0.3, -0.25) is 9.78 Å². The summed E-state index contributed by atoms with van der Waals surface area (Å²) in [7, 11) is 0. The lowest BCUT2D eigenvalue weighted by Crippen LogP contribution is -2.16. The van der Waals surface area contributed by atoms with E-state index in [0.29, 0.717) is 18.0 Å². The van der Waals surface area contributed by atoms with Crippen LogP contribution in [0.2, 0.25) is 5.02 Å². The predicted octanol–water partition coefficient (Wildman–Crippen LogP) is 4.64. The van der Waals surface area contributed by atoms with Crippen LogP contribution in [0.3, 0.4) is 0 Å². The van der Waals surface area contributed by atoms with Gasteiger partial charge in [-0.15, -0.1) is 0 Å². The summed E-state index contributed by atoms with van der Waals surface area (Å²) in [6.45, 7) is 2.48. The zero-order chi connectivity index (χ0) is 16.9. The normalized spacial score (nSPS) is 10.6. The standard InChI is InChI=1S/C19H18ClN3O/c1-13-15(20)7-3-8-16(13)21-12-10-18(24)23-17-9-2-5-14-6-4-11-22-19(14)17/h2-9,11,21H,10,12H2,1H3,(H,23,24). The van der Waals surface area contributed by atoms with E-state index in [1.165, 1.54) is 0 Å². The fourth-order valence-corrected chi connectivity index (χ4v) is 2.70. The summed E-state index contributed by atoms with van der Waals surface area (Å²) in [5.74, 6) is -0.0552. The Labute approximate surface area is 145 Å². The van der Waals surface area contributed by atoms with Crippen molar-refractivity contribution in [3.8, 4) is 0 Å². The molecule has 0 spiro atoms. The Kier molecular flexibility index (Phi) is 4.96. The largest absolute Gasteiger partial charge is 0.384 e. The summed E-state index contributed by atoms with van der Waals surface area (Å²) < 4.78 is 0. The lowest BCUT2D eigenvalue weighted by molar-refractivity contribution is -0.115. The Morgan fingerprint density at radius 3 is 2.71 bits per heavy atom. The van der Waals surface area contributed by atoms with Gasteiger partial charge in [-0.25, -0.2) is 0 Å². The quantitative estimate of drug-likeness (QED) is 0.712. The van der Waals surface area contributed by atoms with Crippen LogP contribution in [0.25, 0.3) is 10.9 Å². The van der Waals surface area contributed by atoms with Crippen molar-refractivity contribution < 1.29 is 4.79 Å². The third kappa shape index (κ3) is 3.66. The minimum Gasteiger partial charge on any atom is -0.384 e. The highest BCUT2D eigenvalue weighted by molar-refractivity contribution is 6.31. The number of pyridine rings is 1. The monoisotopic (exact) mass is 339 g/mol. The van der Waals surface area contributed by atoms with Gasteiger partial charge in [0.15, 0.2) is 0 Å². The van der Waals surface area contributed by atoms with Crippen molar-refractivity contribution >= 4 is 39.8 Å². The van der Waals surface area contributed by atoms with Crippen molar-refractivity contribution in [3.05, 3.63) is 65.3 Å². The summed E-state index contributed by atoms with van der Waals surface area (Å²) in [5, 5.41) is 7.89. The third-order valence-corrected chi connectivity index (χ3v) is 4.25. The molecular weight excluding hydrogens is 322 g/mol. The lowest BCUT2D eigenvalue weighted by atomic mass is 10.2. The molecular formula is C19H18ClN3O. The van der Waals surface area contributed by atoms with Crippen LogP contribution in [-0.4, -0.2) is 17.4 Å². The van der Waals surface area contributed by atoms with Gasteiger partial charge in [-0.1, -0.05) is 35.9 Å². The third-order valence-electron chi connectivity index (χ3n) is 3.84. The van der Waals surface area contributed by atoms with Gasteiger partial charge in [0.1, 0.15) is 0 Å². The lowest BCUT2D eigenvalue weighted by Gasteiger charge is -2.11. The molecule has 3 rings (SSSR count). The van der Waals surface area contributed by atoms with Crippen LogP contribution in [0.15, 0.2) is 54.7 Å². The van der Waals surface area contributed by atoms with E-state index in [2.05, 4.69) is 15.6 Å². The van der Waals surface area contributed by atoms with Crippen molar-refractivity contribution in [1.29, 1.82) is 0 Å². The fourth-order valence-electron chi connectivity index (χ4n) is 2.53. The molecule has 0 saturated heterocycles. The molecule has 1 heterocycles. The number of fused-ring (bicyclic) bond motifs is 1. The highest BCUT2D eigenvalue weighted by atomic mass is 35.5. The molecule has 0 atom stereocenters. The number of anilines is 2. The van der Waals surface area contributed by atoms with Crippen LogP contribution in [0.4, 0.5) is 11.4 Å². The number of hydrogen-bond donors (Lipinski definition) is 2. The maximum Gasteiger partial charge on any atom is 0.226 e. The molecule has 122 valence electrons. The number of hydrogen-bond acceptors (Lipinski definition) is 3. The van der Waals surface area contributed by atoms with E-state index in [1.54, 1.807) is 6.20 Å². The number of benzene rings is 2. The molecule has 0 aliphatic carbocycles. The minimum absolute atomic E-state index is 0.0552. The SMILES string of the molecule is Cc1c(Cl)cccc1NCCC(=O)Nc1cccc2cccnc12. The first-order chi connectivity index (χ1) is 11.6. The Bertz CT molecular complexity index is 874. The zero-order valence-electron chi connectivity index (χ0n) is 13.3. The van der Waals surface area contributed by atoms with Gasteiger partial charge in [0.25, 0.3) is 0 Å². The van der Waals surface area contributed by atoms with Crippen LogP contribution < -0.4 is 10.6 Å². The first-order valence-electron chi connectivity index (χ1n) is 7.78. The van der Waals surface area contributed by atoms with E-state index < -0.39 is 0 Å². The molecule has 3 aromatic rings. The average Bonchev–Trinajstić information content (AvgIpc) is 2.59. The van der Waals surface area contributed by atoms with Crippen LogP contribution in [0, 0.1) is 6.92 Å². The number of nitrogens with zero attached hydrogens (tertiary/aromatic N) is 1. The summed E-state index contributed by atoms with van der Waals surface area (Å²) in [6.07, 6.45) is 2.08. The number of carbonyl (C=O) groups excluding carboxylic acids is 1. The van der Waals surface area contributed by atoms with Gasteiger partial charge in [0.05, 0.1) is 11.2 Å². The Balaban J connectivity index is 1.60. The first kappa shape index (κ1) is 16.3. The number of rotatable bonds is 5. The maximum atomic E-state index is 12.2. The van der Waals surface area contributed by atoms with E-state index in [4.69, 9.17) is 11.6 Å².